The van der Waals surface area contributed by atoms with Crippen molar-refractivity contribution in [3.8, 4) is 0 Å². The Hall–Kier alpha value is -3.79. The minimum absolute atomic E-state index is 0.00665. The van der Waals surface area contributed by atoms with Gasteiger partial charge in [0.2, 0.25) is 11.8 Å². The molecule has 1 heterocycles. The summed E-state index contributed by atoms with van der Waals surface area (Å²) in [6.07, 6.45) is 0.461. The molecule has 3 aliphatic rings. The number of hydrogen-bond donors (Lipinski definition) is 0. The van der Waals surface area contributed by atoms with E-state index in [0.29, 0.717) is 12.1 Å². The number of carbonyl (C=O) groups excluding carboxylic acids is 3. The van der Waals surface area contributed by atoms with Crippen molar-refractivity contribution in [2.75, 3.05) is 4.90 Å². The smallest absolute Gasteiger partial charge is 0.239 e. The Kier molecular flexibility index (Phi) is 4.79. The van der Waals surface area contributed by atoms with Crippen LogP contribution in [0.3, 0.4) is 0 Å². The van der Waals surface area contributed by atoms with Crippen LogP contribution in [0.1, 0.15) is 42.5 Å². The molecule has 2 aliphatic carbocycles. The number of amides is 2. The first-order valence-electron chi connectivity index (χ1n) is 12.6. The number of imide groups is 1. The Morgan fingerprint density at radius 3 is 1.86 bits per heavy atom. The quantitative estimate of drug-likeness (QED) is 0.434. The summed E-state index contributed by atoms with van der Waals surface area (Å²) < 4.78 is 0. The summed E-state index contributed by atoms with van der Waals surface area (Å²) in [4.78, 5) is 44.3. The number of nitrogens with zero attached hydrogens (tertiary/aromatic N) is 1. The minimum atomic E-state index is -1.09. The fraction of sp³-hybridized carbons (Fsp3) is 0.281. The molecule has 36 heavy (non-hydrogen) atoms. The van der Waals surface area contributed by atoms with Gasteiger partial charge in [0, 0.05) is 0 Å². The van der Waals surface area contributed by atoms with Crippen LogP contribution in [0.15, 0.2) is 78.9 Å². The van der Waals surface area contributed by atoms with E-state index in [-0.39, 0.29) is 17.6 Å². The number of aryl methyl sites for hydroxylation is 2. The molecule has 4 nitrogen and oxygen atoms in total. The van der Waals surface area contributed by atoms with Gasteiger partial charge in [-0.15, -0.1) is 0 Å². The lowest BCUT2D eigenvalue weighted by Gasteiger charge is -2.37. The summed E-state index contributed by atoms with van der Waals surface area (Å²) in [5.74, 6) is -1.94. The average molecular weight is 476 g/mol. The molecule has 6 rings (SSSR count). The van der Waals surface area contributed by atoms with Crippen LogP contribution in [0.5, 0.6) is 0 Å². The Bertz CT molecular complexity index is 1470. The van der Waals surface area contributed by atoms with E-state index in [4.69, 9.17) is 0 Å². The molecule has 2 amide bonds. The van der Waals surface area contributed by atoms with Crippen molar-refractivity contribution in [2.45, 2.75) is 34.1 Å². The molecule has 2 bridgehead atoms. The molecular weight excluding hydrogens is 446 g/mol. The standard InChI is InChI=1S/C32H29NO3/c1-5-32-25(22-14-10-7-11-15-22)24(21-12-8-6-9-13-21)31(4,30(32)36)26-27(32)29(35)33(28(26)34)23-17-16-19(2)18-20(23)3/h6-18,26-27H,5H2,1-4H3/t26-,27+,31+,32-/m1/s1. The highest BCUT2D eigenvalue weighted by Crippen LogP contribution is 2.74. The summed E-state index contributed by atoms with van der Waals surface area (Å²) in [5, 5.41) is 0. The maximum Gasteiger partial charge on any atom is 0.239 e. The summed E-state index contributed by atoms with van der Waals surface area (Å²) >= 11 is 0. The van der Waals surface area contributed by atoms with Crippen LogP contribution in [0.2, 0.25) is 0 Å². The van der Waals surface area contributed by atoms with Crippen LogP contribution in [-0.4, -0.2) is 17.6 Å². The SMILES string of the molecule is CC[C@@]12C(=O)[C@@](C)(C(c3ccccc3)=C1c1ccccc1)[C@H]1C(=O)N(c3ccc(C)cc3C)C(=O)[C@H]12. The van der Waals surface area contributed by atoms with Crippen molar-refractivity contribution in [2.24, 2.45) is 22.7 Å². The number of carbonyl (C=O) groups is 3. The minimum Gasteiger partial charge on any atom is -0.298 e. The van der Waals surface area contributed by atoms with E-state index >= 15 is 0 Å². The zero-order valence-electron chi connectivity index (χ0n) is 21.0. The van der Waals surface area contributed by atoms with Gasteiger partial charge in [0.05, 0.1) is 28.4 Å². The van der Waals surface area contributed by atoms with Gasteiger partial charge in [-0.05, 0) is 61.1 Å². The number of benzene rings is 3. The average Bonchev–Trinajstić information content (AvgIpc) is 3.35. The van der Waals surface area contributed by atoms with Crippen LogP contribution >= 0.6 is 0 Å². The first-order chi connectivity index (χ1) is 17.3. The molecule has 4 heteroatoms. The molecule has 0 spiro atoms. The highest BCUT2D eigenvalue weighted by molar-refractivity contribution is 6.34. The monoisotopic (exact) mass is 475 g/mol. The van der Waals surface area contributed by atoms with Gasteiger partial charge in [-0.2, -0.15) is 0 Å². The fourth-order valence-corrected chi connectivity index (χ4v) is 7.42. The van der Waals surface area contributed by atoms with Gasteiger partial charge in [-0.25, -0.2) is 4.90 Å². The molecule has 3 aromatic carbocycles. The Morgan fingerprint density at radius 1 is 0.750 bits per heavy atom. The van der Waals surface area contributed by atoms with Gasteiger partial charge >= 0.3 is 0 Å². The summed E-state index contributed by atoms with van der Waals surface area (Å²) in [6, 6.07) is 25.6. The van der Waals surface area contributed by atoms with Gasteiger partial charge in [0.15, 0.2) is 5.78 Å². The second-order valence-electron chi connectivity index (χ2n) is 10.6. The second-order valence-corrected chi connectivity index (χ2v) is 10.6. The molecular formula is C32H29NO3. The number of Topliss-reactive ketones (excluding diaryl/α,β-unsaturated/α-hetero) is 1. The van der Waals surface area contributed by atoms with Crippen LogP contribution in [0.4, 0.5) is 5.69 Å². The van der Waals surface area contributed by atoms with Crippen LogP contribution in [-0.2, 0) is 14.4 Å². The van der Waals surface area contributed by atoms with Crippen molar-refractivity contribution in [1.29, 1.82) is 0 Å². The Labute approximate surface area is 211 Å². The lowest BCUT2D eigenvalue weighted by Crippen LogP contribution is -2.41. The lowest BCUT2D eigenvalue weighted by molar-refractivity contribution is -0.134. The summed E-state index contributed by atoms with van der Waals surface area (Å²) in [7, 11) is 0. The molecule has 0 unspecified atom stereocenters. The number of fused-ring (bicyclic) bond motifs is 5. The predicted molar refractivity (Wildman–Crippen MR) is 141 cm³/mol. The van der Waals surface area contributed by atoms with E-state index in [1.165, 1.54) is 4.90 Å². The Balaban J connectivity index is 1.65. The fourth-order valence-electron chi connectivity index (χ4n) is 7.42. The molecule has 1 saturated heterocycles. The summed E-state index contributed by atoms with van der Waals surface area (Å²) in [5.41, 5.74) is 4.12. The van der Waals surface area contributed by atoms with E-state index in [2.05, 4.69) is 0 Å². The van der Waals surface area contributed by atoms with E-state index in [1.54, 1.807) is 0 Å². The van der Waals surface area contributed by atoms with Gasteiger partial charge in [-0.3, -0.25) is 14.4 Å². The summed E-state index contributed by atoms with van der Waals surface area (Å²) in [6.45, 7) is 7.80. The van der Waals surface area contributed by atoms with E-state index < -0.39 is 22.7 Å². The van der Waals surface area contributed by atoms with Crippen LogP contribution in [0, 0.1) is 36.5 Å². The molecule has 0 N–H and O–H groups in total. The van der Waals surface area contributed by atoms with Crippen molar-refractivity contribution in [3.63, 3.8) is 0 Å². The van der Waals surface area contributed by atoms with Gasteiger partial charge in [0.25, 0.3) is 0 Å². The number of hydrogen-bond acceptors (Lipinski definition) is 3. The molecule has 3 aromatic rings. The largest absolute Gasteiger partial charge is 0.298 e. The Morgan fingerprint density at radius 2 is 1.31 bits per heavy atom. The molecule has 180 valence electrons. The van der Waals surface area contributed by atoms with Crippen molar-refractivity contribution in [3.05, 3.63) is 101 Å². The number of ketones is 1. The first-order valence-corrected chi connectivity index (χ1v) is 12.6. The van der Waals surface area contributed by atoms with Crippen molar-refractivity contribution >= 4 is 34.4 Å². The molecule has 0 radical (unpaired) electrons. The lowest BCUT2D eigenvalue weighted by atomic mass is 9.62. The normalized spacial score (nSPS) is 28.9. The number of anilines is 1. The van der Waals surface area contributed by atoms with Gasteiger partial charge in [-0.1, -0.05) is 85.3 Å². The van der Waals surface area contributed by atoms with E-state index in [0.717, 1.165) is 33.4 Å². The third-order valence-electron chi connectivity index (χ3n) is 8.83. The van der Waals surface area contributed by atoms with Crippen molar-refractivity contribution in [1.82, 2.24) is 0 Å². The highest BCUT2D eigenvalue weighted by atomic mass is 16.2. The first kappa shape index (κ1) is 22.7. The third kappa shape index (κ3) is 2.57. The van der Waals surface area contributed by atoms with Crippen molar-refractivity contribution < 1.29 is 14.4 Å². The second kappa shape index (κ2) is 7.60. The zero-order valence-corrected chi connectivity index (χ0v) is 21.0. The molecule has 2 fully saturated rings. The molecule has 0 aromatic heterocycles. The number of rotatable bonds is 4. The topological polar surface area (TPSA) is 54.5 Å². The maximum absolute atomic E-state index is 14.5. The molecule has 4 atom stereocenters. The third-order valence-corrected chi connectivity index (χ3v) is 8.83. The van der Waals surface area contributed by atoms with E-state index in [1.807, 2.05) is 107 Å². The zero-order chi connectivity index (χ0) is 25.4. The highest BCUT2D eigenvalue weighted by Gasteiger charge is 2.79. The predicted octanol–water partition coefficient (Wildman–Crippen LogP) is 6.02. The molecule has 1 aliphatic heterocycles. The van der Waals surface area contributed by atoms with E-state index in [9.17, 15) is 14.4 Å². The van der Waals surface area contributed by atoms with Gasteiger partial charge in [0.1, 0.15) is 0 Å². The van der Waals surface area contributed by atoms with Gasteiger partial charge < -0.3 is 0 Å². The maximum atomic E-state index is 14.5. The van der Waals surface area contributed by atoms with Crippen LogP contribution in [0.25, 0.3) is 11.1 Å². The number of allylic oxidation sites excluding steroid dienone is 2. The molecule has 1 saturated carbocycles. The van der Waals surface area contributed by atoms with Crippen LogP contribution < -0.4 is 4.90 Å².